The number of amides is 2. The van der Waals surface area contributed by atoms with Gasteiger partial charge in [-0.1, -0.05) is 0 Å². The summed E-state index contributed by atoms with van der Waals surface area (Å²) in [5.41, 5.74) is 0.472. The molecule has 2 amide bonds. The molecule has 2 N–H and O–H groups in total. The van der Waals surface area contributed by atoms with Gasteiger partial charge in [-0.15, -0.1) is 11.3 Å². The Labute approximate surface area is 185 Å². The molecule has 1 aliphatic rings. The van der Waals surface area contributed by atoms with Crippen LogP contribution in [0.5, 0.6) is 0 Å². The zero-order valence-electron chi connectivity index (χ0n) is 17.4. The van der Waals surface area contributed by atoms with Gasteiger partial charge in [0.1, 0.15) is 16.8 Å². The number of furan rings is 1. The number of nitrogens with one attached hydrogen (secondary N) is 2. The van der Waals surface area contributed by atoms with E-state index in [1.54, 1.807) is 12.1 Å². The molecule has 170 valence electrons. The lowest BCUT2D eigenvalue weighted by molar-refractivity contribution is -0.141. The second-order valence-electron chi connectivity index (χ2n) is 7.60. The summed E-state index contributed by atoms with van der Waals surface area (Å²) in [5.74, 6) is -0.289. The van der Waals surface area contributed by atoms with Crippen molar-refractivity contribution in [2.24, 2.45) is 0 Å². The first-order valence-corrected chi connectivity index (χ1v) is 10.9. The molecule has 3 heterocycles. The Bertz CT molecular complexity index is 1150. The fraction of sp³-hybridized carbons (Fsp3) is 0.381. The number of aromatic nitrogens is 2. The van der Waals surface area contributed by atoms with Crippen LogP contribution in [0.1, 0.15) is 57.3 Å². The van der Waals surface area contributed by atoms with Gasteiger partial charge >= 0.3 is 6.18 Å². The SMILES string of the molecule is Cc1cc(C(F)(F)F)nn1C(C)C(=O)Nc1sc2c(c1C(=O)NCc1ccco1)CCC2. The second-order valence-corrected chi connectivity index (χ2v) is 8.71. The van der Waals surface area contributed by atoms with Crippen molar-refractivity contribution in [3.8, 4) is 0 Å². The van der Waals surface area contributed by atoms with E-state index < -0.39 is 23.8 Å². The number of hydrogen-bond donors (Lipinski definition) is 2. The molecule has 1 atom stereocenters. The number of hydrogen-bond acceptors (Lipinski definition) is 5. The molecule has 3 aromatic rings. The van der Waals surface area contributed by atoms with E-state index in [4.69, 9.17) is 4.42 Å². The second kappa shape index (κ2) is 8.45. The Balaban J connectivity index is 1.54. The molecule has 3 aromatic heterocycles. The minimum Gasteiger partial charge on any atom is -0.467 e. The summed E-state index contributed by atoms with van der Waals surface area (Å²) in [6, 6.07) is 3.36. The van der Waals surface area contributed by atoms with Gasteiger partial charge < -0.3 is 15.1 Å². The maximum Gasteiger partial charge on any atom is 0.435 e. The zero-order valence-corrected chi connectivity index (χ0v) is 18.2. The number of anilines is 1. The van der Waals surface area contributed by atoms with Crippen molar-refractivity contribution in [3.05, 3.63) is 57.6 Å². The quantitative estimate of drug-likeness (QED) is 0.561. The van der Waals surface area contributed by atoms with E-state index in [-0.39, 0.29) is 18.1 Å². The summed E-state index contributed by atoms with van der Waals surface area (Å²) in [4.78, 5) is 26.8. The van der Waals surface area contributed by atoms with Gasteiger partial charge in [0.15, 0.2) is 5.69 Å². The molecular weight excluding hydrogens is 445 g/mol. The van der Waals surface area contributed by atoms with E-state index in [0.29, 0.717) is 16.3 Å². The number of fused-ring (bicyclic) bond motifs is 1. The molecule has 0 radical (unpaired) electrons. The molecule has 11 heteroatoms. The maximum atomic E-state index is 13.0. The minimum atomic E-state index is -4.60. The number of nitrogens with zero attached hydrogens (tertiary/aromatic N) is 2. The average molecular weight is 466 g/mol. The Morgan fingerprint density at radius 2 is 2.12 bits per heavy atom. The van der Waals surface area contributed by atoms with Gasteiger partial charge in [-0.2, -0.15) is 18.3 Å². The third kappa shape index (κ3) is 4.29. The fourth-order valence-corrected chi connectivity index (χ4v) is 5.04. The lowest BCUT2D eigenvalue weighted by Gasteiger charge is -2.15. The van der Waals surface area contributed by atoms with Crippen LogP contribution in [0.15, 0.2) is 28.9 Å². The number of aryl methyl sites for hydroxylation is 2. The lowest BCUT2D eigenvalue weighted by atomic mass is 10.1. The van der Waals surface area contributed by atoms with Crippen molar-refractivity contribution in [1.29, 1.82) is 0 Å². The molecule has 0 bridgehead atoms. The Morgan fingerprint density at radius 3 is 2.78 bits per heavy atom. The van der Waals surface area contributed by atoms with E-state index in [1.165, 1.54) is 31.4 Å². The van der Waals surface area contributed by atoms with Crippen LogP contribution in [-0.4, -0.2) is 21.6 Å². The van der Waals surface area contributed by atoms with Crippen LogP contribution in [0.4, 0.5) is 18.2 Å². The molecule has 1 aliphatic carbocycles. The predicted octanol–water partition coefficient (Wildman–Crippen LogP) is 4.48. The highest BCUT2D eigenvalue weighted by Gasteiger charge is 2.36. The number of thiophene rings is 1. The third-order valence-electron chi connectivity index (χ3n) is 5.35. The highest BCUT2D eigenvalue weighted by atomic mass is 32.1. The van der Waals surface area contributed by atoms with Crippen molar-refractivity contribution >= 4 is 28.2 Å². The zero-order chi connectivity index (χ0) is 23.0. The van der Waals surface area contributed by atoms with E-state index in [1.807, 2.05) is 0 Å². The molecule has 4 rings (SSSR count). The molecule has 0 saturated heterocycles. The van der Waals surface area contributed by atoms with Crippen LogP contribution in [0.2, 0.25) is 0 Å². The van der Waals surface area contributed by atoms with Crippen molar-refractivity contribution < 1.29 is 27.2 Å². The number of halogens is 3. The molecule has 0 saturated carbocycles. The molecule has 32 heavy (non-hydrogen) atoms. The first-order chi connectivity index (χ1) is 15.1. The number of rotatable bonds is 6. The molecule has 0 spiro atoms. The van der Waals surface area contributed by atoms with Crippen LogP contribution in [0.3, 0.4) is 0 Å². The molecular formula is C21H21F3N4O3S. The largest absolute Gasteiger partial charge is 0.467 e. The van der Waals surface area contributed by atoms with Gasteiger partial charge in [0.05, 0.1) is 18.4 Å². The van der Waals surface area contributed by atoms with Crippen LogP contribution < -0.4 is 10.6 Å². The number of carbonyl (C=O) groups is 2. The first kappa shape index (κ1) is 22.1. The first-order valence-electron chi connectivity index (χ1n) is 10.0. The molecule has 7 nitrogen and oxygen atoms in total. The van der Waals surface area contributed by atoms with E-state index in [9.17, 15) is 22.8 Å². The average Bonchev–Trinajstić information content (AvgIpc) is 3.49. The Morgan fingerprint density at radius 1 is 1.34 bits per heavy atom. The van der Waals surface area contributed by atoms with Crippen LogP contribution in [-0.2, 0) is 30.4 Å². The van der Waals surface area contributed by atoms with Gasteiger partial charge in [0, 0.05) is 10.6 Å². The van der Waals surface area contributed by atoms with Crippen LogP contribution in [0.25, 0.3) is 0 Å². The Kier molecular flexibility index (Phi) is 5.85. The minimum absolute atomic E-state index is 0.201. The third-order valence-corrected chi connectivity index (χ3v) is 6.55. The summed E-state index contributed by atoms with van der Waals surface area (Å²) in [6.45, 7) is 3.12. The van der Waals surface area contributed by atoms with Gasteiger partial charge in [0.2, 0.25) is 5.91 Å². The molecule has 0 aliphatic heterocycles. The molecule has 0 aromatic carbocycles. The van der Waals surface area contributed by atoms with Crippen molar-refractivity contribution in [1.82, 2.24) is 15.1 Å². The van der Waals surface area contributed by atoms with E-state index in [0.717, 1.165) is 40.5 Å². The summed E-state index contributed by atoms with van der Waals surface area (Å²) in [7, 11) is 0. The lowest BCUT2D eigenvalue weighted by Crippen LogP contribution is -2.28. The van der Waals surface area contributed by atoms with Crippen LogP contribution in [0, 0.1) is 6.92 Å². The van der Waals surface area contributed by atoms with Crippen molar-refractivity contribution in [2.45, 2.75) is 51.9 Å². The molecule has 1 unspecified atom stereocenters. The number of alkyl halides is 3. The fourth-order valence-electron chi connectivity index (χ4n) is 3.75. The number of carbonyl (C=O) groups excluding carboxylic acids is 2. The van der Waals surface area contributed by atoms with Crippen LogP contribution >= 0.6 is 11.3 Å². The van der Waals surface area contributed by atoms with E-state index in [2.05, 4.69) is 15.7 Å². The predicted molar refractivity (Wildman–Crippen MR) is 112 cm³/mol. The van der Waals surface area contributed by atoms with Gasteiger partial charge in [-0.3, -0.25) is 14.3 Å². The van der Waals surface area contributed by atoms with Gasteiger partial charge in [-0.05, 0) is 56.9 Å². The monoisotopic (exact) mass is 466 g/mol. The summed E-state index contributed by atoms with van der Waals surface area (Å²) in [6.07, 6.45) is -0.611. The van der Waals surface area contributed by atoms with Gasteiger partial charge in [0.25, 0.3) is 5.91 Å². The standard InChI is InChI=1S/C21H21F3N4O3S/c1-11-9-16(21(22,23)24)27-28(11)12(2)18(29)26-20-17(14-6-3-7-15(14)32-20)19(30)25-10-13-5-4-8-31-13/h4-5,8-9,12H,3,6-7,10H2,1-2H3,(H,25,30)(H,26,29). The highest BCUT2D eigenvalue weighted by Crippen LogP contribution is 2.39. The summed E-state index contributed by atoms with van der Waals surface area (Å²) >= 11 is 1.33. The molecule has 0 fully saturated rings. The smallest absolute Gasteiger partial charge is 0.435 e. The highest BCUT2D eigenvalue weighted by molar-refractivity contribution is 7.17. The van der Waals surface area contributed by atoms with Crippen molar-refractivity contribution in [3.63, 3.8) is 0 Å². The topological polar surface area (TPSA) is 89.2 Å². The van der Waals surface area contributed by atoms with Gasteiger partial charge in [-0.25, -0.2) is 0 Å². The summed E-state index contributed by atoms with van der Waals surface area (Å²) in [5, 5.41) is 9.49. The summed E-state index contributed by atoms with van der Waals surface area (Å²) < 4.78 is 45.2. The Hall–Kier alpha value is -3.08. The van der Waals surface area contributed by atoms with Crippen molar-refractivity contribution in [2.75, 3.05) is 5.32 Å². The van der Waals surface area contributed by atoms with E-state index >= 15 is 0 Å². The normalized spacial score (nSPS) is 14.3. The maximum absolute atomic E-state index is 13.0.